The maximum Gasteiger partial charge on any atom is 0.310 e. The number of carbonyl (C=O) groups excluding carboxylic acids is 1. The molecule has 0 aliphatic carbocycles. The number of benzene rings is 1. The quantitative estimate of drug-likeness (QED) is 0.421. The van der Waals surface area contributed by atoms with Crippen molar-refractivity contribution in [2.24, 2.45) is 5.18 Å². The Kier molecular flexibility index (Phi) is 3.34. The van der Waals surface area contributed by atoms with E-state index in [-0.39, 0.29) is 11.7 Å². The Morgan fingerprint density at radius 3 is 2.79 bits per heavy atom. The number of nitrogens with zero attached hydrogens (tertiary/aromatic N) is 1. The van der Waals surface area contributed by atoms with Crippen molar-refractivity contribution >= 4 is 11.7 Å². The third-order valence-corrected chi connectivity index (χ3v) is 1.79. The smallest absolute Gasteiger partial charge is 0.310 e. The molecular weight excluding hydrogens is 182 g/mol. The molecule has 0 radical (unpaired) electrons. The predicted octanol–water partition coefficient (Wildman–Crippen LogP) is 2.71. The molecule has 1 aromatic carbocycles. The highest BCUT2D eigenvalue weighted by molar-refractivity contribution is 5.72. The third-order valence-electron chi connectivity index (χ3n) is 1.79. The molecule has 0 bridgehead atoms. The van der Waals surface area contributed by atoms with Gasteiger partial charge in [0.05, 0.1) is 0 Å². The van der Waals surface area contributed by atoms with Crippen molar-refractivity contribution in [3.05, 3.63) is 28.7 Å². The van der Waals surface area contributed by atoms with Crippen molar-refractivity contribution in [2.75, 3.05) is 0 Å². The van der Waals surface area contributed by atoms with Gasteiger partial charge in [-0.1, -0.05) is 13.0 Å². The van der Waals surface area contributed by atoms with Crippen molar-refractivity contribution in [3.8, 4) is 5.75 Å². The molecule has 4 nitrogen and oxygen atoms in total. The number of esters is 1. The lowest BCUT2D eigenvalue weighted by molar-refractivity contribution is -0.134. The highest BCUT2D eigenvalue weighted by atomic mass is 16.5. The lowest BCUT2D eigenvalue weighted by Crippen LogP contribution is -2.06. The molecule has 0 saturated heterocycles. The number of carbonyl (C=O) groups is 1. The second kappa shape index (κ2) is 4.50. The van der Waals surface area contributed by atoms with E-state index in [0.717, 1.165) is 5.56 Å². The van der Waals surface area contributed by atoms with Gasteiger partial charge in [0.25, 0.3) is 0 Å². The number of ether oxygens (including phenoxy) is 1. The molecule has 0 aliphatic heterocycles. The van der Waals surface area contributed by atoms with Crippen molar-refractivity contribution < 1.29 is 9.53 Å². The van der Waals surface area contributed by atoms with E-state index in [1.54, 1.807) is 26.0 Å². The average Bonchev–Trinajstić information content (AvgIpc) is 2.21. The number of hydrogen-bond donors (Lipinski definition) is 0. The van der Waals surface area contributed by atoms with Gasteiger partial charge in [0, 0.05) is 12.5 Å². The molecule has 1 aromatic rings. The normalized spacial score (nSPS) is 9.57. The van der Waals surface area contributed by atoms with Crippen LogP contribution in [0.2, 0.25) is 0 Å². The molecule has 14 heavy (non-hydrogen) atoms. The number of rotatable bonds is 3. The van der Waals surface area contributed by atoms with Crippen LogP contribution in [0.1, 0.15) is 18.9 Å². The summed E-state index contributed by atoms with van der Waals surface area (Å²) in [6, 6.07) is 4.72. The molecule has 4 heteroatoms. The average molecular weight is 193 g/mol. The minimum atomic E-state index is -0.323. The SMILES string of the molecule is CCC(=O)Oc1cc(N=O)ccc1C. The van der Waals surface area contributed by atoms with E-state index in [1.165, 1.54) is 6.07 Å². The second-order valence-electron chi connectivity index (χ2n) is 2.87. The highest BCUT2D eigenvalue weighted by Gasteiger charge is 2.06. The zero-order valence-electron chi connectivity index (χ0n) is 8.11. The van der Waals surface area contributed by atoms with Gasteiger partial charge >= 0.3 is 5.97 Å². The van der Waals surface area contributed by atoms with Crippen LogP contribution in [-0.2, 0) is 4.79 Å². The van der Waals surface area contributed by atoms with Crippen molar-refractivity contribution in [1.82, 2.24) is 0 Å². The van der Waals surface area contributed by atoms with Crippen LogP contribution in [0, 0.1) is 11.8 Å². The Morgan fingerprint density at radius 2 is 2.21 bits per heavy atom. The monoisotopic (exact) mass is 193 g/mol. The van der Waals surface area contributed by atoms with Crippen LogP contribution in [0.4, 0.5) is 5.69 Å². The van der Waals surface area contributed by atoms with Gasteiger partial charge < -0.3 is 4.74 Å². The van der Waals surface area contributed by atoms with Crippen molar-refractivity contribution in [1.29, 1.82) is 0 Å². The fourth-order valence-electron chi connectivity index (χ4n) is 0.950. The van der Waals surface area contributed by atoms with Crippen LogP contribution >= 0.6 is 0 Å². The van der Waals surface area contributed by atoms with Gasteiger partial charge in [0.1, 0.15) is 11.4 Å². The second-order valence-corrected chi connectivity index (χ2v) is 2.87. The van der Waals surface area contributed by atoms with E-state index >= 15 is 0 Å². The third kappa shape index (κ3) is 2.39. The van der Waals surface area contributed by atoms with Crippen LogP contribution in [0.25, 0.3) is 0 Å². The summed E-state index contributed by atoms with van der Waals surface area (Å²) in [6.07, 6.45) is 0.304. The molecule has 0 N–H and O–H groups in total. The molecule has 0 unspecified atom stereocenters. The first-order valence-electron chi connectivity index (χ1n) is 4.32. The summed E-state index contributed by atoms with van der Waals surface area (Å²) in [6.45, 7) is 3.51. The van der Waals surface area contributed by atoms with Crippen molar-refractivity contribution in [2.45, 2.75) is 20.3 Å². The summed E-state index contributed by atoms with van der Waals surface area (Å²) >= 11 is 0. The van der Waals surface area contributed by atoms with Gasteiger partial charge in [-0.15, -0.1) is 4.91 Å². The summed E-state index contributed by atoms with van der Waals surface area (Å²) < 4.78 is 5.00. The first kappa shape index (κ1) is 10.4. The molecule has 0 fully saturated rings. The number of aryl methyl sites for hydroxylation is 1. The van der Waals surface area contributed by atoms with Gasteiger partial charge in [-0.25, -0.2) is 0 Å². The largest absolute Gasteiger partial charge is 0.426 e. The summed E-state index contributed by atoms with van der Waals surface area (Å²) in [5, 5.41) is 2.76. The number of hydrogen-bond acceptors (Lipinski definition) is 4. The highest BCUT2D eigenvalue weighted by Crippen LogP contribution is 2.24. The van der Waals surface area contributed by atoms with Gasteiger partial charge in [-0.05, 0) is 23.7 Å². The molecule has 74 valence electrons. The van der Waals surface area contributed by atoms with E-state index in [9.17, 15) is 9.70 Å². The van der Waals surface area contributed by atoms with Gasteiger partial charge in [0.15, 0.2) is 0 Å². The Bertz CT molecular complexity index is 360. The zero-order chi connectivity index (χ0) is 10.6. The lowest BCUT2D eigenvalue weighted by Gasteiger charge is -2.05. The minimum absolute atomic E-state index is 0.259. The summed E-state index contributed by atoms with van der Waals surface area (Å²) in [5.74, 6) is 0.0742. The minimum Gasteiger partial charge on any atom is -0.426 e. The van der Waals surface area contributed by atoms with Crippen LogP contribution < -0.4 is 4.74 Å². The van der Waals surface area contributed by atoms with Crippen LogP contribution in [-0.4, -0.2) is 5.97 Å². The standard InChI is InChI=1S/C10H11NO3/c1-3-10(12)14-9-6-8(11-13)5-4-7(9)2/h4-6H,3H2,1-2H3. The lowest BCUT2D eigenvalue weighted by atomic mass is 10.2. The van der Waals surface area contributed by atoms with E-state index < -0.39 is 0 Å². The van der Waals surface area contributed by atoms with Gasteiger partial charge in [-0.3, -0.25) is 4.79 Å². The van der Waals surface area contributed by atoms with Gasteiger partial charge in [0.2, 0.25) is 0 Å². The first-order chi connectivity index (χ1) is 6.67. The molecule has 0 spiro atoms. The molecular formula is C10H11NO3. The van der Waals surface area contributed by atoms with E-state index in [1.807, 2.05) is 0 Å². The maximum absolute atomic E-state index is 11.0. The van der Waals surface area contributed by atoms with E-state index in [4.69, 9.17) is 4.74 Å². The Morgan fingerprint density at radius 1 is 1.50 bits per heavy atom. The molecule has 0 amide bonds. The molecule has 0 heterocycles. The maximum atomic E-state index is 11.0. The van der Waals surface area contributed by atoms with Gasteiger partial charge in [-0.2, -0.15) is 0 Å². The molecule has 0 aliphatic rings. The predicted molar refractivity (Wildman–Crippen MR) is 52.6 cm³/mol. The van der Waals surface area contributed by atoms with Crippen LogP contribution in [0.3, 0.4) is 0 Å². The number of nitroso groups, excluding NO2 is 1. The Balaban J connectivity index is 2.94. The van der Waals surface area contributed by atoms with Crippen LogP contribution in [0.15, 0.2) is 23.4 Å². The van der Waals surface area contributed by atoms with Crippen LogP contribution in [0.5, 0.6) is 5.75 Å². The first-order valence-corrected chi connectivity index (χ1v) is 4.32. The topological polar surface area (TPSA) is 55.7 Å². The van der Waals surface area contributed by atoms with E-state index in [0.29, 0.717) is 12.2 Å². The fourth-order valence-corrected chi connectivity index (χ4v) is 0.950. The summed E-state index contributed by atoms with van der Waals surface area (Å²) in [7, 11) is 0. The summed E-state index contributed by atoms with van der Waals surface area (Å²) in [5.41, 5.74) is 1.06. The van der Waals surface area contributed by atoms with E-state index in [2.05, 4.69) is 5.18 Å². The zero-order valence-corrected chi connectivity index (χ0v) is 8.11. The Labute approximate surface area is 81.9 Å². The van der Waals surface area contributed by atoms with Crippen molar-refractivity contribution in [3.63, 3.8) is 0 Å². The Hall–Kier alpha value is -1.71. The fraction of sp³-hybridized carbons (Fsp3) is 0.300. The molecule has 1 rings (SSSR count). The molecule has 0 atom stereocenters. The molecule has 0 saturated carbocycles. The summed E-state index contributed by atoms with van der Waals surface area (Å²) in [4.78, 5) is 21.2. The molecule has 0 aromatic heterocycles.